The van der Waals surface area contributed by atoms with Gasteiger partial charge in [-0.1, -0.05) is 5.16 Å². The molecule has 20 heavy (non-hydrogen) atoms. The van der Waals surface area contributed by atoms with Crippen LogP contribution in [0.4, 0.5) is 11.5 Å². The minimum Gasteiger partial charge on any atom is -0.462 e. The second-order valence-electron chi connectivity index (χ2n) is 4.13. The van der Waals surface area contributed by atoms with E-state index < -0.39 is 5.97 Å². The Morgan fingerprint density at radius 3 is 3.00 bits per heavy atom. The van der Waals surface area contributed by atoms with Crippen LogP contribution in [0, 0.1) is 6.92 Å². The average molecular weight is 276 g/mol. The first-order valence-corrected chi connectivity index (χ1v) is 6.19. The molecule has 0 spiro atoms. The van der Waals surface area contributed by atoms with E-state index >= 15 is 0 Å². The van der Waals surface area contributed by atoms with Crippen molar-refractivity contribution in [2.24, 2.45) is 0 Å². The quantitative estimate of drug-likeness (QED) is 0.802. The number of aryl methyl sites for hydroxylation is 1. The number of carbonyl (C=O) groups is 1. The van der Waals surface area contributed by atoms with E-state index in [1.807, 2.05) is 6.92 Å². The fourth-order valence-electron chi connectivity index (χ4n) is 1.67. The number of anilines is 2. The number of nitrogens with one attached hydrogen (secondary N) is 1. The molecule has 0 saturated heterocycles. The number of nitrogens with zero attached hydrogens (tertiary/aromatic N) is 2. The molecule has 0 fully saturated rings. The van der Waals surface area contributed by atoms with E-state index in [0.717, 1.165) is 5.69 Å². The van der Waals surface area contributed by atoms with Gasteiger partial charge in [0.1, 0.15) is 5.82 Å². The lowest BCUT2D eigenvalue weighted by Gasteiger charge is -2.10. The zero-order valence-electron chi connectivity index (χ0n) is 11.3. The molecule has 0 aliphatic rings. The van der Waals surface area contributed by atoms with Crippen molar-refractivity contribution in [3.63, 3.8) is 0 Å². The molecule has 0 unspecified atom stereocenters. The average Bonchev–Trinajstić information content (AvgIpc) is 2.83. The third-order valence-electron chi connectivity index (χ3n) is 2.59. The number of nitrogen functional groups attached to an aromatic ring is 1. The molecule has 2 aromatic rings. The van der Waals surface area contributed by atoms with Crippen molar-refractivity contribution in [3.05, 3.63) is 35.3 Å². The van der Waals surface area contributed by atoms with E-state index in [0.29, 0.717) is 24.7 Å². The van der Waals surface area contributed by atoms with Gasteiger partial charge in [-0.15, -0.1) is 0 Å². The molecule has 0 saturated carbocycles. The Kier molecular flexibility index (Phi) is 4.19. The van der Waals surface area contributed by atoms with Gasteiger partial charge < -0.3 is 20.3 Å². The highest BCUT2D eigenvalue weighted by Crippen LogP contribution is 2.21. The van der Waals surface area contributed by atoms with Gasteiger partial charge in [-0.05, 0) is 19.9 Å². The van der Waals surface area contributed by atoms with Crippen LogP contribution in [0.25, 0.3) is 0 Å². The molecule has 106 valence electrons. The van der Waals surface area contributed by atoms with E-state index in [1.54, 1.807) is 13.0 Å². The van der Waals surface area contributed by atoms with E-state index in [2.05, 4.69) is 15.5 Å². The maximum absolute atomic E-state index is 11.7. The molecular formula is C13H16N4O3. The van der Waals surface area contributed by atoms with Crippen LogP contribution in [0.15, 0.2) is 22.9 Å². The Labute approximate surface area is 116 Å². The summed E-state index contributed by atoms with van der Waals surface area (Å²) < 4.78 is 10.00. The second kappa shape index (κ2) is 6.05. The predicted molar refractivity (Wildman–Crippen MR) is 73.2 cm³/mol. The number of esters is 1. The van der Waals surface area contributed by atoms with Gasteiger partial charge in [0.15, 0.2) is 5.76 Å². The Morgan fingerprint density at radius 2 is 2.35 bits per heavy atom. The number of ether oxygens (including phenoxy) is 1. The largest absolute Gasteiger partial charge is 0.462 e. The summed E-state index contributed by atoms with van der Waals surface area (Å²) in [6, 6.07) is 3.33. The summed E-state index contributed by atoms with van der Waals surface area (Å²) in [6.45, 7) is 4.24. The number of nitrogens with two attached hydrogens (primary N) is 1. The zero-order valence-corrected chi connectivity index (χ0v) is 11.3. The lowest BCUT2D eigenvalue weighted by atomic mass is 10.2. The van der Waals surface area contributed by atoms with Gasteiger partial charge in [-0.2, -0.15) is 0 Å². The summed E-state index contributed by atoms with van der Waals surface area (Å²) in [7, 11) is 0. The molecule has 2 aromatic heterocycles. The maximum Gasteiger partial charge on any atom is 0.340 e. The van der Waals surface area contributed by atoms with E-state index in [9.17, 15) is 4.79 Å². The summed E-state index contributed by atoms with van der Waals surface area (Å²) in [5.74, 6) is 0.598. The molecular weight excluding hydrogens is 260 g/mol. The molecule has 0 atom stereocenters. The van der Waals surface area contributed by atoms with Crippen molar-refractivity contribution in [2.75, 3.05) is 17.7 Å². The molecule has 0 bridgehead atoms. The number of aromatic nitrogens is 2. The van der Waals surface area contributed by atoms with Crippen molar-refractivity contribution in [1.82, 2.24) is 10.1 Å². The number of hydrogen-bond acceptors (Lipinski definition) is 7. The highest BCUT2D eigenvalue weighted by molar-refractivity contribution is 5.97. The zero-order chi connectivity index (χ0) is 14.5. The van der Waals surface area contributed by atoms with Gasteiger partial charge in [-0.3, -0.25) is 0 Å². The molecule has 0 amide bonds. The number of rotatable bonds is 5. The van der Waals surface area contributed by atoms with Crippen molar-refractivity contribution >= 4 is 17.5 Å². The fraction of sp³-hybridized carbons (Fsp3) is 0.308. The smallest absolute Gasteiger partial charge is 0.340 e. The molecule has 2 rings (SSSR count). The van der Waals surface area contributed by atoms with Crippen LogP contribution in [0.1, 0.15) is 28.7 Å². The minimum absolute atomic E-state index is 0.252. The monoisotopic (exact) mass is 276 g/mol. The first-order valence-electron chi connectivity index (χ1n) is 6.19. The molecule has 2 heterocycles. The minimum atomic E-state index is -0.467. The standard InChI is InChI=1S/C13H16N4O3/c1-3-19-13(18)10-4-5-15-12(11(10)14)16-7-9-6-8(2)17-20-9/h4-6H,3,7,14H2,1-2H3,(H,15,16). The van der Waals surface area contributed by atoms with Gasteiger partial charge in [0.25, 0.3) is 0 Å². The summed E-state index contributed by atoms with van der Waals surface area (Å²) in [4.78, 5) is 15.8. The Morgan fingerprint density at radius 1 is 1.55 bits per heavy atom. The summed E-state index contributed by atoms with van der Waals surface area (Å²) in [5, 5.41) is 6.78. The van der Waals surface area contributed by atoms with Gasteiger partial charge in [-0.25, -0.2) is 9.78 Å². The van der Waals surface area contributed by atoms with Crippen LogP contribution >= 0.6 is 0 Å². The first kappa shape index (κ1) is 13.9. The second-order valence-corrected chi connectivity index (χ2v) is 4.13. The van der Waals surface area contributed by atoms with Crippen LogP contribution in [-0.2, 0) is 11.3 Å². The Balaban J connectivity index is 2.12. The van der Waals surface area contributed by atoms with E-state index in [-0.39, 0.29) is 11.3 Å². The van der Waals surface area contributed by atoms with Crippen LogP contribution in [-0.4, -0.2) is 22.7 Å². The number of carbonyl (C=O) groups excluding carboxylic acids is 1. The van der Waals surface area contributed by atoms with E-state index in [1.165, 1.54) is 12.3 Å². The van der Waals surface area contributed by atoms with Crippen molar-refractivity contribution in [2.45, 2.75) is 20.4 Å². The van der Waals surface area contributed by atoms with E-state index in [4.69, 9.17) is 15.0 Å². The molecule has 0 aromatic carbocycles. The predicted octanol–water partition coefficient (Wildman–Crippen LogP) is 1.75. The number of hydrogen-bond donors (Lipinski definition) is 2. The van der Waals surface area contributed by atoms with Crippen molar-refractivity contribution < 1.29 is 14.1 Å². The summed E-state index contributed by atoms with van der Waals surface area (Å²) >= 11 is 0. The molecule has 3 N–H and O–H groups in total. The third kappa shape index (κ3) is 3.05. The lowest BCUT2D eigenvalue weighted by molar-refractivity contribution is 0.0527. The van der Waals surface area contributed by atoms with Gasteiger partial charge >= 0.3 is 5.97 Å². The van der Waals surface area contributed by atoms with Crippen LogP contribution in [0.2, 0.25) is 0 Å². The summed E-state index contributed by atoms with van der Waals surface area (Å²) in [5.41, 5.74) is 7.25. The Bertz CT molecular complexity index is 609. The summed E-state index contributed by atoms with van der Waals surface area (Å²) in [6.07, 6.45) is 1.50. The highest BCUT2D eigenvalue weighted by atomic mass is 16.5. The Hall–Kier alpha value is -2.57. The van der Waals surface area contributed by atoms with Crippen LogP contribution in [0.5, 0.6) is 0 Å². The molecule has 0 aliphatic carbocycles. The molecule has 7 heteroatoms. The van der Waals surface area contributed by atoms with Crippen molar-refractivity contribution in [1.29, 1.82) is 0 Å². The normalized spacial score (nSPS) is 10.3. The number of pyridine rings is 1. The van der Waals surface area contributed by atoms with Crippen LogP contribution < -0.4 is 11.1 Å². The van der Waals surface area contributed by atoms with Gasteiger partial charge in [0.2, 0.25) is 0 Å². The van der Waals surface area contributed by atoms with Gasteiger partial charge in [0, 0.05) is 12.3 Å². The first-order chi connectivity index (χ1) is 9.61. The maximum atomic E-state index is 11.7. The molecule has 7 nitrogen and oxygen atoms in total. The lowest BCUT2D eigenvalue weighted by Crippen LogP contribution is -2.11. The fourth-order valence-corrected chi connectivity index (χ4v) is 1.67. The molecule has 0 radical (unpaired) electrons. The van der Waals surface area contributed by atoms with Crippen molar-refractivity contribution in [3.8, 4) is 0 Å². The van der Waals surface area contributed by atoms with Crippen LogP contribution in [0.3, 0.4) is 0 Å². The third-order valence-corrected chi connectivity index (χ3v) is 2.59. The highest BCUT2D eigenvalue weighted by Gasteiger charge is 2.14. The van der Waals surface area contributed by atoms with Gasteiger partial charge in [0.05, 0.1) is 30.1 Å². The molecule has 0 aliphatic heterocycles. The SMILES string of the molecule is CCOC(=O)c1ccnc(NCc2cc(C)no2)c1N. The topological polar surface area (TPSA) is 103 Å².